The lowest BCUT2D eigenvalue weighted by molar-refractivity contribution is -0.274. The van der Waals surface area contributed by atoms with Crippen LogP contribution in [0.1, 0.15) is 0 Å². The van der Waals surface area contributed by atoms with Crippen molar-refractivity contribution in [1.82, 2.24) is 0 Å². The van der Waals surface area contributed by atoms with E-state index >= 15 is 0 Å². The fraction of sp³-hybridized carbons (Fsp3) is 0.900. The minimum absolute atomic E-state index is 0.0738. The molecule has 0 aliphatic heterocycles. The van der Waals surface area contributed by atoms with Crippen LogP contribution in [0.25, 0.3) is 0 Å². The van der Waals surface area contributed by atoms with Gasteiger partial charge in [-0.2, -0.15) is 35.3 Å². The van der Waals surface area contributed by atoms with Crippen molar-refractivity contribution in [3.8, 4) is 0 Å². The second kappa shape index (κ2) is 35.1. The molecular weight excluding hydrogens is 721 g/mol. The van der Waals surface area contributed by atoms with Crippen molar-refractivity contribution < 1.29 is 38.5 Å². The fourth-order valence-corrected chi connectivity index (χ4v) is 12.2. The van der Waals surface area contributed by atoms with Crippen molar-refractivity contribution in [2.24, 2.45) is 0 Å². The van der Waals surface area contributed by atoms with Gasteiger partial charge in [0.05, 0.1) is 35.1 Å². The Morgan fingerprint density at radius 3 is 2.00 bits per heavy atom. The van der Waals surface area contributed by atoms with Gasteiger partial charge in [-0.25, -0.2) is 9.78 Å². The Bertz CT molecular complexity index is 596. The molecule has 0 fully saturated rings. The predicted octanol–water partition coefficient (Wildman–Crippen LogP) is 4.73. The summed E-state index contributed by atoms with van der Waals surface area (Å²) in [6, 6.07) is 0. The van der Waals surface area contributed by atoms with Crippen LogP contribution in [0.4, 0.5) is 0 Å². The van der Waals surface area contributed by atoms with Gasteiger partial charge in [0.25, 0.3) is 0 Å². The second-order valence-electron chi connectivity index (χ2n) is 6.43. The first kappa shape index (κ1) is 41.6. The maximum atomic E-state index is 12.1. The third-order valence-corrected chi connectivity index (χ3v) is 15.8. The molecule has 0 radical (unpaired) electrons. The summed E-state index contributed by atoms with van der Waals surface area (Å²) in [6.45, 7) is 0.527. The molecule has 0 spiro atoms. The van der Waals surface area contributed by atoms with Crippen LogP contribution in [-0.2, 0) is 34.9 Å². The largest absolute Gasteiger partial charge is 0.454 e. The Kier molecular flexibility index (Phi) is 37.5. The molecule has 0 rings (SSSR count). The van der Waals surface area contributed by atoms with Crippen LogP contribution in [0.5, 0.6) is 0 Å². The van der Waals surface area contributed by atoms with Crippen molar-refractivity contribution in [3.63, 3.8) is 0 Å². The molecule has 0 amide bonds. The average molecular weight is 759 g/mol. The number of esters is 1. The minimum Gasteiger partial charge on any atom is -0.454 e. The Balaban J connectivity index is 3.34. The molecule has 0 aromatic carbocycles. The molecule has 232 valence electrons. The van der Waals surface area contributed by atoms with E-state index < -0.39 is 10.8 Å². The maximum Gasteiger partial charge on any atom is 0.316 e. The van der Waals surface area contributed by atoms with Crippen LogP contribution in [-0.4, -0.2) is 128 Å². The molecule has 19 heteroatoms. The van der Waals surface area contributed by atoms with Gasteiger partial charge >= 0.3 is 5.97 Å². The number of carbonyl (C=O) groups excluding carboxylic acids is 2. The van der Waals surface area contributed by atoms with Gasteiger partial charge in [0.2, 0.25) is 0 Å². The molecule has 0 bridgehead atoms. The number of carbonyl (C=O) groups is 2. The van der Waals surface area contributed by atoms with Gasteiger partial charge in [-0.3, -0.25) is 13.8 Å². The Labute approximate surface area is 277 Å². The molecule has 2 N–H and O–H groups in total. The van der Waals surface area contributed by atoms with E-state index in [2.05, 4.69) is 0 Å². The summed E-state index contributed by atoms with van der Waals surface area (Å²) >= 11 is 15.3. The number of aliphatic hydroxyl groups is 2. The Hall–Kier alpha value is 2.63. The number of ether oxygens (including phenoxy) is 1. The van der Waals surface area contributed by atoms with Gasteiger partial charge in [-0.05, 0) is 0 Å². The van der Waals surface area contributed by atoms with Crippen molar-refractivity contribution in [2.75, 3.05) is 102 Å². The van der Waals surface area contributed by atoms with Crippen LogP contribution in [0.15, 0.2) is 0 Å². The zero-order valence-electron chi connectivity index (χ0n) is 21.6. The molecular formula is C20H38O8S11. The molecule has 0 heterocycles. The van der Waals surface area contributed by atoms with Crippen molar-refractivity contribution >= 4 is 140 Å². The first-order valence-corrected chi connectivity index (χ1v) is 24.3. The van der Waals surface area contributed by atoms with E-state index in [1.165, 1.54) is 58.8 Å². The highest BCUT2D eigenvalue weighted by Gasteiger charge is 2.06. The van der Waals surface area contributed by atoms with Crippen LogP contribution >= 0.6 is 118 Å². The second-order valence-corrected chi connectivity index (χ2v) is 19.9. The highest BCUT2D eigenvalue weighted by atomic mass is 32.2. The van der Waals surface area contributed by atoms with Crippen LogP contribution in [0.3, 0.4) is 0 Å². The zero-order chi connectivity index (χ0) is 28.7. The smallest absolute Gasteiger partial charge is 0.316 e. The molecule has 0 aromatic rings. The van der Waals surface area contributed by atoms with E-state index in [-0.39, 0.29) is 23.0 Å². The molecule has 0 saturated heterocycles. The number of aliphatic hydroxyl groups excluding tert-OH is 2. The van der Waals surface area contributed by atoms with Gasteiger partial charge in [0, 0.05) is 66.3 Å². The number of hydrogen-bond donors (Lipinski definition) is 2. The van der Waals surface area contributed by atoms with Crippen LogP contribution < -0.4 is 0 Å². The number of thioether (sulfide) groups is 10. The van der Waals surface area contributed by atoms with Gasteiger partial charge in [-0.1, -0.05) is 11.8 Å². The minimum atomic E-state index is -0.892. The van der Waals surface area contributed by atoms with Crippen molar-refractivity contribution in [2.45, 2.75) is 0 Å². The summed E-state index contributed by atoms with van der Waals surface area (Å²) in [5.41, 5.74) is 0. The summed E-state index contributed by atoms with van der Waals surface area (Å²) in [6.07, 6.45) is 0. The SMILES string of the molecule is O=C(CSCCSCCS(=O)CSCSC(=O)CSCCSCCOOCSCSCO)OCSCSCO. The average Bonchev–Trinajstić information content (AvgIpc) is 2.93. The summed E-state index contributed by atoms with van der Waals surface area (Å²) in [5.74, 6) is 7.49. The van der Waals surface area contributed by atoms with E-state index in [0.29, 0.717) is 51.0 Å². The molecule has 8 nitrogen and oxygen atoms in total. The topological polar surface area (TPSA) is 119 Å². The molecule has 0 aliphatic rings. The van der Waals surface area contributed by atoms with E-state index in [1.807, 2.05) is 0 Å². The number of rotatable bonds is 31. The summed E-state index contributed by atoms with van der Waals surface area (Å²) in [5, 5.41) is 20.1. The zero-order valence-corrected chi connectivity index (χ0v) is 30.5. The summed E-state index contributed by atoms with van der Waals surface area (Å²) < 4.78 is 17.2. The van der Waals surface area contributed by atoms with Crippen LogP contribution in [0.2, 0.25) is 0 Å². The van der Waals surface area contributed by atoms with E-state index in [9.17, 15) is 13.8 Å². The Morgan fingerprint density at radius 1 is 0.641 bits per heavy atom. The highest BCUT2D eigenvalue weighted by molar-refractivity contribution is 8.26. The molecule has 0 aliphatic carbocycles. The first-order chi connectivity index (χ1) is 19.1. The third-order valence-electron chi connectivity index (χ3n) is 3.50. The van der Waals surface area contributed by atoms with E-state index in [1.54, 1.807) is 58.8 Å². The fourth-order valence-electron chi connectivity index (χ4n) is 1.87. The lowest BCUT2D eigenvalue weighted by Crippen LogP contribution is -2.08. The molecule has 1 atom stereocenters. The first-order valence-electron chi connectivity index (χ1n) is 11.4. The molecule has 39 heavy (non-hydrogen) atoms. The maximum absolute atomic E-state index is 12.1. The van der Waals surface area contributed by atoms with Crippen LogP contribution in [0, 0.1) is 0 Å². The molecule has 1 unspecified atom stereocenters. The summed E-state index contributed by atoms with van der Waals surface area (Å²) in [7, 11) is -0.892. The predicted molar refractivity (Wildman–Crippen MR) is 189 cm³/mol. The highest BCUT2D eigenvalue weighted by Crippen LogP contribution is 2.18. The van der Waals surface area contributed by atoms with Crippen molar-refractivity contribution in [3.05, 3.63) is 0 Å². The van der Waals surface area contributed by atoms with Gasteiger partial charge in [0.1, 0.15) is 11.9 Å². The Morgan fingerprint density at radius 2 is 1.28 bits per heavy atom. The van der Waals surface area contributed by atoms with E-state index in [4.69, 9.17) is 24.7 Å². The summed E-state index contributed by atoms with van der Waals surface area (Å²) in [4.78, 5) is 33.6. The quantitative estimate of drug-likeness (QED) is 0.0333. The molecule has 0 aromatic heterocycles. The third kappa shape index (κ3) is 35.0. The van der Waals surface area contributed by atoms with Crippen molar-refractivity contribution in [1.29, 1.82) is 0 Å². The lowest BCUT2D eigenvalue weighted by Gasteiger charge is -2.05. The number of hydrogen-bond acceptors (Lipinski definition) is 18. The van der Waals surface area contributed by atoms with E-state index in [0.717, 1.165) is 39.6 Å². The van der Waals surface area contributed by atoms with Gasteiger partial charge < -0.3 is 14.9 Å². The van der Waals surface area contributed by atoms with Gasteiger partial charge in [-0.15, -0.1) is 70.6 Å². The lowest BCUT2D eigenvalue weighted by atomic mass is 10.8. The monoisotopic (exact) mass is 758 g/mol. The molecule has 0 saturated carbocycles. The normalized spacial score (nSPS) is 12.1. The standard InChI is InChI=1S/C20H38O8S11/c21-11-33-15-35-13-26-19(23)9-31-5-4-30-7-8-39(25)18-37-17-38-20(24)10-32-6-3-29-2-1-27-28-14-36-16-34-12-22/h21-22H,1-18H2. The van der Waals surface area contributed by atoms with Gasteiger partial charge in [0.15, 0.2) is 5.12 Å².